The van der Waals surface area contributed by atoms with E-state index in [1.54, 1.807) is 32.7 Å². The summed E-state index contributed by atoms with van der Waals surface area (Å²) in [5, 5.41) is 4.22. The van der Waals surface area contributed by atoms with Crippen LogP contribution in [0.15, 0.2) is 77.5 Å². The molecule has 0 unspecified atom stereocenters. The van der Waals surface area contributed by atoms with E-state index in [0.717, 1.165) is 57.1 Å². The Hall–Kier alpha value is -3.59. The van der Waals surface area contributed by atoms with Gasteiger partial charge in [-0.25, -0.2) is 0 Å². The third-order valence-corrected chi connectivity index (χ3v) is 7.76. The Morgan fingerprint density at radius 1 is 0.951 bits per heavy atom. The van der Waals surface area contributed by atoms with Crippen LogP contribution in [0.5, 0.6) is 11.5 Å². The summed E-state index contributed by atoms with van der Waals surface area (Å²) >= 11 is 1.57. The Labute approximate surface area is 244 Å². The first kappa shape index (κ1) is 31.9. The molecule has 0 amide bonds. The van der Waals surface area contributed by atoms with Gasteiger partial charge in [0.2, 0.25) is 0 Å². The lowest BCUT2D eigenvalue weighted by atomic mass is 10.1. The Morgan fingerprint density at radius 3 is 2.07 bits per heavy atom. The molecule has 0 aromatic heterocycles. The summed E-state index contributed by atoms with van der Waals surface area (Å²) < 4.78 is 50.3. The van der Waals surface area contributed by atoms with Crippen LogP contribution in [0.1, 0.15) is 48.6 Å². The van der Waals surface area contributed by atoms with E-state index in [0.29, 0.717) is 24.6 Å². The highest BCUT2D eigenvalue weighted by Crippen LogP contribution is 2.33. The number of carbonyl (C=O) groups excluding carboxylic acids is 1. The van der Waals surface area contributed by atoms with Crippen LogP contribution < -0.4 is 14.8 Å². The largest absolute Gasteiger partial charge is 0.497 e. The molecular formula is C32H37F3N2O3S. The van der Waals surface area contributed by atoms with Crippen LogP contribution in [0.25, 0.3) is 0 Å². The first-order chi connectivity index (χ1) is 19.3. The Bertz CT molecular complexity index is 1340. The van der Waals surface area contributed by atoms with Gasteiger partial charge in [-0.1, -0.05) is 36.4 Å². The summed E-state index contributed by atoms with van der Waals surface area (Å²) in [6.07, 6.45) is -3.58. The molecule has 0 aliphatic carbocycles. The SMILES string of the molecule is CN/C(C)=C(\SCc1ccc(C(F)(F)F)cc1)N(Cc1ccc(OC)cc1)Cc1ccc(OC(C)(C)C=O)c(C)c1. The van der Waals surface area contributed by atoms with Crippen LogP contribution in [0.3, 0.4) is 0 Å². The molecule has 0 aliphatic heterocycles. The molecule has 41 heavy (non-hydrogen) atoms. The van der Waals surface area contributed by atoms with Gasteiger partial charge >= 0.3 is 6.18 Å². The summed E-state index contributed by atoms with van der Waals surface area (Å²) in [6, 6.07) is 19.1. The topological polar surface area (TPSA) is 50.8 Å². The maximum atomic E-state index is 13.0. The fourth-order valence-electron chi connectivity index (χ4n) is 4.09. The minimum absolute atomic E-state index is 0.498. The highest BCUT2D eigenvalue weighted by atomic mass is 32.2. The van der Waals surface area contributed by atoms with Crippen molar-refractivity contribution in [3.8, 4) is 11.5 Å². The van der Waals surface area contributed by atoms with Crippen molar-refractivity contribution in [2.24, 2.45) is 0 Å². The molecule has 0 fully saturated rings. The summed E-state index contributed by atoms with van der Waals surface area (Å²) in [5.74, 6) is 1.91. The Morgan fingerprint density at radius 2 is 1.54 bits per heavy atom. The van der Waals surface area contributed by atoms with Crippen LogP contribution in [0.4, 0.5) is 13.2 Å². The predicted octanol–water partition coefficient (Wildman–Crippen LogP) is 7.72. The lowest BCUT2D eigenvalue weighted by Gasteiger charge is -2.30. The second kappa shape index (κ2) is 13.9. The summed E-state index contributed by atoms with van der Waals surface area (Å²) in [7, 11) is 3.48. The number of ether oxygens (including phenoxy) is 2. The van der Waals surface area contributed by atoms with Crippen molar-refractivity contribution in [3.63, 3.8) is 0 Å². The van der Waals surface area contributed by atoms with Crippen LogP contribution >= 0.6 is 11.8 Å². The predicted molar refractivity (Wildman–Crippen MR) is 159 cm³/mol. The number of methoxy groups -OCH3 is 1. The molecule has 0 saturated carbocycles. The van der Waals surface area contributed by atoms with Gasteiger partial charge in [-0.05, 0) is 80.3 Å². The number of rotatable bonds is 13. The molecule has 0 heterocycles. The molecule has 220 valence electrons. The molecule has 0 aliphatic rings. The minimum Gasteiger partial charge on any atom is -0.497 e. The normalized spacial score (nSPS) is 12.4. The van der Waals surface area contributed by atoms with E-state index < -0.39 is 17.3 Å². The number of carbonyl (C=O) groups is 1. The van der Waals surface area contributed by atoms with Gasteiger partial charge in [0.25, 0.3) is 0 Å². The number of nitrogens with one attached hydrogen (secondary N) is 1. The average molecular weight is 587 g/mol. The van der Waals surface area contributed by atoms with Gasteiger partial charge in [0, 0.05) is 31.6 Å². The van der Waals surface area contributed by atoms with E-state index in [4.69, 9.17) is 9.47 Å². The molecule has 0 spiro atoms. The standard InChI is InChI=1S/C32H37F3N2O3S/c1-22-17-26(11-16-29(22)40-31(3,4)21-38)19-37(18-24-9-14-28(39-6)15-10-24)30(23(2)36-5)41-20-25-7-12-27(13-8-25)32(33,34)35/h7-17,21,36H,18-20H2,1-6H3/b30-23-. The number of thioether (sulfide) groups is 1. The van der Waals surface area contributed by atoms with E-state index in [9.17, 15) is 18.0 Å². The summed E-state index contributed by atoms with van der Waals surface area (Å²) in [5.41, 5.74) is 3.19. The van der Waals surface area contributed by atoms with Gasteiger partial charge in [0.05, 0.1) is 17.7 Å². The number of nitrogens with zero attached hydrogens (tertiary/aromatic N) is 1. The van der Waals surface area contributed by atoms with Crippen molar-refractivity contribution in [2.45, 2.75) is 58.3 Å². The second-order valence-electron chi connectivity index (χ2n) is 10.3. The molecular weight excluding hydrogens is 549 g/mol. The van der Waals surface area contributed by atoms with Gasteiger partial charge in [-0.15, -0.1) is 11.8 Å². The van der Waals surface area contributed by atoms with E-state index in [2.05, 4.69) is 10.2 Å². The summed E-state index contributed by atoms with van der Waals surface area (Å²) in [6.45, 7) is 8.53. The number of alkyl halides is 3. The fraction of sp³-hybridized carbons (Fsp3) is 0.344. The first-order valence-corrected chi connectivity index (χ1v) is 14.1. The maximum Gasteiger partial charge on any atom is 0.416 e. The van der Waals surface area contributed by atoms with E-state index in [1.165, 1.54) is 12.1 Å². The van der Waals surface area contributed by atoms with Crippen molar-refractivity contribution in [3.05, 3.63) is 105 Å². The van der Waals surface area contributed by atoms with Crippen molar-refractivity contribution >= 4 is 18.0 Å². The van der Waals surface area contributed by atoms with Crippen LogP contribution in [-0.4, -0.2) is 30.9 Å². The van der Waals surface area contributed by atoms with Crippen LogP contribution in [-0.2, 0) is 29.8 Å². The van der Waals surface area contributed by atoms with Gasteiger partial charge in [-0.3, -0.25) is 4.79 Å². The average Bonchev–Trinajstić information content (AvgIpc) is 2.94. The van der Waals surface area contributed by atoms with Crippen molar-refractivity contribution in [2.75, 3.05) is 14.2 Å². The Kier molecular flexibility index (Phi) is 10.8. The molecule has 0 bridgehead atoms. The lowest BCUT2D eigenvalue weighted by molar-refractivity contribution is -0.137. The van der Waals surface area contributed by atoms with E-state index in [-0.39, 0.29) is 0 Å². The molecule has 1 N–H and O–H groups in total. The number of hydrogen-bond acceptors (Lipinski definition) is 6. The highest BCUT2D eigenvalue weighted by molar-refractivity contribution is 8.02. The molecule has 0 atom stereocenters. The maximum absolute atomic E-state index is 13.0. The zero-order valence-electron chi connectivity index (χ0n) is 24.3. The van der Waals surface area contributed by atoms with Gasteiger partial charge in [0.15, 0.2) is 11.9 Å². The van der Waals surface area contributed by atoms with Crippen molar-refractivity contribution in [1.82, 2.24) is 10.2 Å². The molecule has 3 rings (SSSR count). The Balaban J connectivity index is 1.91. The summed E-state index contributed by atoms with van der Waals surface area (Å²) in [4.78, 5) is 13.6. The second-order valence-corrected chi connectivity index (χ2v) is 11.3. The lowest BCUT2D eigenvalue weighted by Crippen LogP contribution is -2.30. The molecule has 0 saturated heterocycles. The van der Waals surface area contributed by atoms with Crippen molar-refractivity contribution in [1.29, 1.82) is 0 Å². The van der Waals surface area contributed by atoms with Crippen LogP contribution in [0.2, 0.25) is 0 Å². The molecule has 9 heteroatoms. The number of aryl methyl sites for hydroxylation is 1. The fourth-order valence-corrected chi connectivity index (χ4v) is 5.21. The quantitative estimate of drug-likeness (QED) is 0.207. The van der Waals surface area contributed by atoms with E-state index >= 15 is 0 Å². The number of aldehydes is 1. The van der Waals surface area contributed by atoms with Crippen LogP contribution in [0, 0.1) is 6.92 Å². The molecule has 5 nitrogen and oxygen atoms in total. The zero-order chi connectivity index (χ0) is 30.2. The van der Waals surface area contributed by atoms with Crippen molar-refractivity contribution < 1.29 is 27.4 Å². The molecule has 0 radical (unpaired) electrons. The highest BCUT2D eigenvalue weighted by Gasteiger charge is 2.30. The minimum atomic E-state index is -4.36. The number of allylic oxidation sites excluding steroid dienone is 1. The van der Waals surface area contributed by atoms with Gasteiger partial charge < -0.3 is 19.7 Å². The zero-order valence-corrected chi connectivity index (χ0v) is 25.1. The van der Waals surface area contributed by atoms with Gasteiger partial charge in [0.1, 0.15) is 11.5 Å². The number of benzene rings is 3. The third-order valence-electron chi connectivity index (χ3n) is 6.44. The first-order valence-electron chi connectivity index (χ1n) is 13.2. The number of hydrogen-bond donors (Lipinski definition) is 1. The third kappa shape index (κ3) is 9.21. The smallest absolute Gasteiger partial charge is 0.416 e. The molecule has 3 aromatic carbocycles. The van der Waals surface area contributed by atoms with E-state index in [1.807, 2.05) is 63.4 Å². The number of halogens is 3. The molecule has 3 aromatic rings. The van der Waals surface area contributed by atoms with Gasteiger partial charge in [-0.2, -0.15) is 13.2 Å². The monoisotopic (exact) mass is 586 g/mol.